The summed E-state index contributed by atoms with van der Waals surface area (Å²) in [6, 6.07) is 3.42. The lowest BCUT2D eigenvalue weighted by Crippen LogP contribution is -2.25. The predicted molar refractivity (Wildman–Crippen MR) is 60.8 cm³/mol. The van der Waals surface area contributed by atoms with Gasteiger partial charge in [0.15, 0.2) is 0 Å². The molecule has 0 unspecified atom stereocenters. The minimum absolute atomic E-state index is 0.181. The summed E-state index contributed by atoms with van der Waals surface area (Å²) in [4.78, 5) is -0.434. The van der Waals surface area contributed by atoms with Crippen molar-refractivity contribution < 1.29 is 12.8 Å². The van der Waals surface area contributed by atoms with Gasteiger partial charge in [0.25, 0.3) is 0 Å². The van der Waals surface area contributed by atoms with E-state index in [1.54, 1.807) is 6.08 Å². The highest BCUT2D eigenvalue weighted by atomic mass is 32.2. The van der Waals surface area contributed by atoms with Gasteiger partial charge >= 0.3 is 0 Å². The number of nitrogens with two attached hydrogens (primary N) is 1. The molecule has 0 atom stereocenters. The maximum atomic E-state index is 13.3. The summed E-state index contributed by atoms with van der Waals surface area (Å²) in [7, 11) is -3.84. The molecular formula is C10H13FN2O2S. The Kier molecular flexibility index (Phi) is 4.03. The van der Waals surface area contributed by atoms with Crippen molar-refractivity contribution in [2.45, 2.75) is 11.3 Å². The maximum absolute atomic E-state index is 13.3. The van der Waals surface area contributed by atoms with Crippen LogP contribution in [0, 0.1) is 5.82 Å². The highest BCUT2D eigenvalue weighted by Gasteiger charge is 2.18. The Labute approximate surface area is 94.0 Å². The predicted octanol–water partition coefficient (Wildman–Crippen LogP) is 1.26. The number of hydrogen-bond acceptors (Lipinski definition) is 3. The Balaban J connectivity index is 2.97. The third-order valence-corrected chi connectivity index (χ3v) is 3.36. The smallest absolute Gasteiger partial charge is 0.243 e. The van der Waals surface area contributed by atoms with E-state index in [4.69, 9.17) is 5.73 Å². The van der Waals surface area contributed by atoms with E-state index in [-0.39, 0.29) is 12.2 Å². The maximum Gasteiger partial charge on any atom is 0.243 e. The zero-order valence-electron chi connectivity index (χ0n) is 8.61. The van der Waals surface area contributed by atoms with E-state index in [1.165, 1.54) is 6.07 Å². The molecule has 1 aromatic rings. The van der Waals surface area contributed by atoms with Gasteiger partial charge in [-0.15, -0.1) is 6.58 Å². The first-order valence-corrected chi connectivity index (χ1v) is 6.11. The Morgan fingerprint density at radius 1 is 1.50 bits per heavy atom. The average Bonchev–Trinajstić information content (AvgIpc) is 2.22. The monoisotopic (exact) mass is 244 g/mol. The molecule has 0 amide bonds. The minimum Gasteiger partial charge on any atom is -0.399 e. The molecular weight excluding hydrogens is 231 g/mol. The fraction of sp³-hybridized carbons (Fsp3) is 0.200. The van der Waals surface area contributed by atoms with Gasteiger partial charge in [-0.2, -0.15) is 0 Å². The van der Waals surface area contributed by atoms with Crippen LogP contribution < -0.4 is 10.5 Å². The van der Waals surface area contributed by atoms with Crippen LogP contribution >= 0.6 is 0 Å². The molecule has 88 valence electrons. The van der Waals surface area contributed by atoms with E-state index in [0.717, 1.165) is 12.1 Å². The van der Waals surface area contributed by atoms with Crippen LogP contribution in [0.2, 0.25) is 0 Å². The number of halogens is 1. The van der Waals surface area contributed by atoms with Crippen LogP contribution in [0.1, 0.15) is 6.42 Å². The molecule has 1 aromatic carbocycles. The largest absolute Gasteiger partial charge is 0.399 e. The second kappa shape index (κ2) is 5.09. The summed E-state index contributed by atoms with van der Waals surface area (Å²) in [6.45, 7) is 3.64. The lowest BCUT2D eigenvalue weighted by Gasteiger charge is -2.07. The Morgan fingerprint density at radius 2 is 2.19 bits per heavy atom. The highest BCUT2D eigenvalue weighted by Crippen LogP contribution is 2.17. The van der Waals surface area contributed by atoms with Crippen molar-refractivity contribution >= 4 is 15.7 Å². The molecule has 0 aliphatic carbocycles. The van der Waals surface area contributed by atoms with E-state index in [0.29, 0.717) is 6.42 Å². The van der Waals surface area contributed by atoms with E-state index < -0.39 is 20.7 Å². The first kappa shape index (κ1) is 12.7. The Bertz CT molecular complexity index is 486. The van der Waals surface area contributed by atoms with Gasteiger partial charge in [-0.05, 0) is 24.6 Å². The molecule has 0 saturated heterocycles. The molecule has 0 fully saturated rings. The molecule has 0 heterocycles. The molecule has 0 radical (unpaired) electrons. The van der Waals surface area contributed by atoms with Crippen molar-refractivity contribution in [3.63, 3.8) is 0 Å². The summed E-state index contributed by atoms with van der Waals surface area (Å²) >= 11 is 0. The summed E-state index contributed by atoms with van der Waals surface area (Å²) in [5.41, 5.74) is 5.60. The third kappa shape index (κ3) is 3.04. The van der Waals surface area contributed by atoms with Gasteiger partial charge in [0.1, 0.15) is 10.7 Å². The lowest BCUT2D eigenvalue weighted by molar-refractivity contribution is 0.557. The van der Waals surface area contributed by atoms with E-state index in [2.05, 4.69) is 11.3 Å². The molecule has 0 bridgehead atoms. The van der Waals surface area contributed by atoms with Crippen molar-refractivity contribution in [3.05, 3.63) is 36.7 Å². The van der Waals surface area contributed by atoms with Crippen LogP contribution in [-0.4, -0.2) is 15.0 Å². The second-order valence-corrected chi connectivity index (χ2v) is 4.90. The topological polar surface area (TPSA) is 72.2 Å². The molecule has 0 aromatic heterocycles. The molecule has 0 saturated carbocycles. The van der Waals surface area contributed by atoms with Gasteiger partial charge in [-0.25, -0.2) is 17.5 Å². The normalized spacial score (nSPS) is 11.3. The van der Waals surface area contributed by atoms with Gasteiger partial charge in [-0.1, -0.05) is 6.08 Å². The fourth-order valence-electron chi connectivity index (χ4n) is 1.10. The van der Waals surface area contributed by atoms with Crippen LogP contribution in [-0.2, 0) is 10.0 Å². The molecule has 16 heavy (non-hydrogen) atoms. The minimum atomic E-state index is -3.84. The summed E-state index contributed by atoms with van der Waals surface area (Å²) in [5, 5.41) is 0. The fourth-order valence-corrected chi connectivity index (χ4v) is 2.26. The molecule has 0 aliphatic heterocycles. The van der Waals surface area contributed by atoms with Crippen molar-refractivity contribution in [2.75, 3.05) is 12.3 Å². The number of nitrogen functional groups attached to an aromatic ring is 1. The van der Waals surface area contributed by atoms with Crippen LogP contribution in [0.25, 0.3) is 0 Å². The van der Waals surface area contributed by atoms with E-state index >= 15 is 0 Å². The highest BCUT2D eigenvalue weighted by molar-refractivity contribution is 7.89. The average molecular weight is 244 g/mol. The van der Waals surface area contributed by atoms with Crippen molar-refractivity contribution in [2.24, 2.45) is 0 Å². The number of sulfonamides is 1. The molecule has 3 N–H and O–H groups in total. The number of hydrogen-bond donors (Lipinski definition) is 2. The molecule has 1 rings (SSSR count). The third-order valence-electron chi connectivity index (χ3n) is 1.89. The quantitative estimate of drug-likeness (QED) is 0.465. The number of benzene rings is 1. The second-order valence-electron chi connectivity index (χ2n) is 3.16. The molecule has 4 nitrogen and oxygen atoms in total. The molecule has 0 spiro atoms. The van der Waals surface area contributed by atoms with Crippen molar-refractivity contribution in [1.82, 2.24) is 4.72 Å². The van der Waals surface area contributed by atoms with Gasteiger partial charge < -0.3 is 5.73 Å². The summed E-state index contributed by atoms with van der Waals surface area (Å²) in [6.07, 6.45) is 2.04. The molecule has 6 heteroatoms. The van der Waals surface area contributed by atoms with Crippen LogP contribution in [0.4, 0.5) is 10.1 Å². The first-order chi connectivity index (χ1) is 7.47. The zero-order chi connectivity index (χ0) is 12.2. The SMILES string of the molecule is C=CCCNS(=O)(=O)c1cc(N)ccc1F. The number of nitrogens with one attached hydrogen (secondary N) is 1. The van der Waals surface area contributed by atoms with E-state index in [1.807, 2.05) is 0 Å². The zero-order valence-corrected chi connectivity index (χ0v) is 9.43. The Hall–Kier alpha value is -1.40. The van der Waals surface area contributed by atoms with Crippen LogP contribution in [0.15, 0.2) is 35.7 Å². The van der Waals surface area contributed by atoms with Crippen LogP contribution in [0.5, 0.6) is 0 Å². The lowest BCUT2D eigenvalue weighted by atomic mass is 10.3. The van der Waals surface area contributed by atoms with E-state index in [9.17, 15) is 12.8 Å². The van der Waals surface area contributed by atoms with Gasteiger partial charge in [-0.3, -0.25) is 0 Å². The summed E-state index contributed by atoms with van der Waals surface area (Å²) in [5.74, 6) is -0.819. The van der Waals surface area contributed by atoms with Crippen LogP contribution in [0.3, 0.4) is 0 Å². The first-order valence-electron chi connectivity index (χ1n) is 4.63. The standard InChI is InChI=1S/C10H13FN2O2S/c1-2-3-6-13-16(14,15)10-7-8(12)4-5-9(10)11/h2,4-5,7,13H,1,3,6,12H2. The summed E-state index contributed by atoms with van der Waals surface area (Å²) < 4.78 is 38.8. The van der Waals surface area contributed by atoms with Gasteiger partial charge in [0.2, 0.25) is 10.0 Å². The van der Waals surface area contributed by atoms with Crippen molar-refractivity contribution in [3.8, 4) is 0 Å². The Morgan fingerprint density at radius 3 is 2.81 bits per heavy atom. The number of rotatable bonds is 5. The van der Waals surface area contributed by atoms with Crippen molar-refractivity contribution in [1.29, 1.82) is 0 Å². The van der Waals surface area contributed by atoms with Gasteiger partial charge in [0, 0.05) is 12.2 Å². The number of anilines is 1. The van der Waals surface area contributed by atoms with Gasteiger partial charge in [0.05, 0.1) is 0 Å². The molecule has 0 aliphatic rings.